The van der Waals surface area contributed by atoms with Gasteiger partial charge in [-0.1, -0.05) is 0 Å². The molecular formula is C13H17F3N2O. The molecule has 2 N–H and O–H groups in total. The number of rotatable bonds is 2. The van der Waals surface area contributed by atoms with Crippen LogP contribution in [0.15, 0.2) is 18.2 Å². The predicted octanol–water partition coefficient (Wildman–Crippen LogP) is 3.06. The lowest BCUT2D eigenvalue weighted by Gasteiger charge is -2.35. The number of benzene rings is 1. The number of hydrogen-bond donors (Lipinski definition) is 1. The van der Waals surface area contributed by atoms with Gasteiger partial charge in [0.05, 0.1) is 13.0 Å². The van der Waals surface area contributed by atoms with E-state index in [0.717, 1.165) is 0 Å². The Balaban J connectivity index is 2.19. The molecule has 0 spiro atoms. The van der Waals surface area contributed by atoms with E-state index in [2.05, 4.69) is 0 Å². The molecule has 0 saturated carbocycles. The normalized spacial score (nSPS) is 20.4. The van der Waals surface area contributed by atoms with Crippen LogP contribution in [-0.2, 0) is 0 Å². The number of ether oxygens (including phenoxy) is 1. The van der Waals surface area contributed by atoms with Gasteiger partial charge in [0, 0.05) is 36.6 Å². The monoisotopic (exact) mass is 274 g/mol. The van der Waals surface area contributed by atoms with Gasteiger partial charge in [-0.05, 0) is 18.9 Å². The molecule has 1 saturated heterocycles. The molecule has 0 bridgehead atoms. The number of anilines is 2. The maximum Gasteiger partial charge on any atom is 0.393 e. The van der Waals surface area contributed by atoms with Gasteiger partial charge >= 0.3 is 6.18 Å². The van der Waals surface area contributed by atoms with Crippen LogP contribution in [0.1, 0.15) is 12.8 Å². The third-order valence-electron chi connectivity index (χ3n) is 3.40. The fourth-order valence-corrected chi connectivity index (χ4v) is 2.39. The van der Waals surface area contributed by atoms with Crippen LogP contribution in [0.2, 0.25) is 0 Å². The molecule has 0 amide bonds. The average Bonchev–Trinajstić information content (AvgIpc) is 2.37. The molecule has 19 heavy (non-hydrogen) atoms. The van der Waals surface area contributed by atoms with Gasteiger partial charge in [0.15, 0.2) is 0 Å². The van der Waals surface area contributed by atoms with Gasteiger partial charge in [0.1, 0.15) is 5.75 Å². The highest BCUT2D eigenvalue weighted by molar-refractivity contribution is 5.60. The van der Waals surface area contributed by atoms with Crippen molar-refractivity contribution in [2.75, 3.05) is 30.8 Å². The van der Waals surface area contributed by atoms with Crippen molar-refractivity contribution in [2.24, 2.45) is 5.92 Å². The smallest absolute Gasteiger partial charge is 0.393 e. The molecule has 0 aliphatic carbocycles. The minimum absolute atomic E-state index is 0.0178. The third kappa shape index (κ3) is 3.24. The van der Waals surface area contributed by atoms with Crippen LogP contribution in [0.4, 0.5) is 24.5 Å². The Labute approximate surface area is 110 Å². The van der Waals surface area contributed by atoms with E-state index >= 15 is 0 Å². The molecule has 3 nitrogen and oxygen atoms in total. The summed E-state index contributed by atoms with van der Waals surface area (Å²) in [4.78, 5) is 1.72. The molecule has 0 radical (unpaired) electrons. The summed E-state index contributed by atoms with van der Waals surface area (Å²) >= 11 is 0. The Morgan fingerprint density at radius 1 is 1.32 bits per heavy atom. The second-order valence-corrected chi connectivity index (χ2v) is 4.79. The summed E-state index contributed by atoms with van der Waals surface area (Å²) in [6.07, 6.45) is -3.41. The number of nitrogen functional groups attached to an aromatic ring is 1. The van der Waals surface area contributed by atoms with Crippen molar-refractivity contribution < 1.29 is 17.9 Å². The number of piperidine rings is 1. The minimum atomic E-state index is -4.14. The lowest BCUT2D eigenvalue weighted by atomic mass is 9.97. The second kappa shape index (κ2) is 5.19. The average molecular weight is 274 g/mol. The lowest BCUT2D eigenvalue weighted by molar-refractivity contribution is -0.175. The fraction of sp³-hybridized carbons (Fsp3) is 0.538. The summed E-state index contributed by atoms with van der Waals surface area (Å²) in [5.74, 6) is -0.710. The van der Waals surface area contributed by atoms with Gasteiger partial charge in [-0.25, -0.2) is 0 Å². The van der Waals surface area contributed by atoms with E-state index in [1.165, 1.54) is 7.11 Å². The Morgan fingerprint density at radius 3 is 2.68 bits per heavy atom. The highest BCUT2D eigenvalue weighted by Crippen LogP contribution is 2.36. The maximum atomic E-state index is 12.8. The third-order valence-corrected chi connectivity index (χ3v) is 3.40. The summed E-state index contributed by atoms with van der Waals surface area (Å²) in [6.45, 7) is 0.593. The van der Waals surface area contributed by atoms with Crippen molar-refractivity contribution in [1.82, 2.24) is 0 Å². The predicted molar refractivity (Wildman–Crippen MR) is 68.4 cm³/mol. The standard InChI is InChI=1S/C13H17F3N2O/c1-19-12-6-10(17)5-11(7-12)18-4-2-3-9(8-18)13(14,15)16/h5-7,9H,2-4,8,17H2,1H3. The molecule has 1 heterocycles. The van der Waals surface area contributed by atoms with Crippen LogP contribution in [-0.4, -0.2) is 26.4 Å². The van der Waals surface area contributed by atoms with E-state index in [4.69, 9.17) is 10.5 Å². The summed E-state index contributed by atoms with van der Waals surface area (Å²) in [5, 5.41) is 0. The molecular weight excluding hydrogens is 257 g/mol. The molecule has 1 aromatic carbocycles. The number of halogens is 3. The molecule has 1 aromatic rings. The van der Waals surface area contributed by atoms with Crippen LogP contribution >= 0.6 is 0 Å². The quantitative estimate of drug-likeness (QED) is 0.842. The van der Waals surface area contributed by atoms with Crippen LogP contribution in [0.5, 0.6) is 5.75 Å². The molecule has 1 fully saturated rings. The first-order valence-electron chi connectivity index (χ1n) is 6.16. The van der Waals surface area contributed by atoms with Crippen molar-refractivity contribution in [2.45, 2.75) is 19.0 Å². The number of nitrogens with two attached hydrogens (primary N) is 1. The second-order valence-electron chi connectivity index (χ2n) is 4.79. The van der Waals surface area contributed by atoms with Gasteiger partial charge < -0.3 is 15.4 Å². The van der Waals surface area contributed by atoms with Gasteiger partial charge in [0.2, 0.25) is 0 Å². The molecule has 1 unspecified atom stereocenters. The van der Waals surface area contributed by atoms with Crippen molar-refractivity contribution >= 4 is 11.4 Å². The zero-order valence-electron chi connectivity index (χ0n) is 10.7. The highest BCUT2D eigenvalue weighted by atomic mass is 19.4. The maximum absolute atomic E-state index is 12.8. The van der Waals surface area contributed by atoms with Gasteiger partial charge in [-0.3, -0.25) is 0 Å². The topological polar surface area (TPSA) is 38.5 Å². The van der Waals surface area contributed by atoms with Gasteiger partial charge in [0.25, 0.3) is 0 Å². The van der Waals surface area contributed by atoms with E-state index in [1.54, 1.807) is 23.1 Å². The fourth-order valence-electron chi connectivity index (χ4n) is 2.39. The summed E-state index contributed by atoms with van der Waals surface area (Å²) in [5.41, 5.74) is 6.91. The molecule has 6 heteroatoms. The van der Waals surface area contributed by atoms with E-state index in [9.17, 15) is 13.2 Å². The van der Waals surface area contributed by atoms with Crippen LogP contribution in [0.3, 0.4) is 0 Å². The SMILES string of the molecule is COc1cc(N)cc(N2CCCC(C(F)(F)F)C2)c1. The summed E-state index contributed by atoms with van der Waals surface area (Å²) < 4.78 is 43.4. The van der Waals surface area contributed by atoms with Crippen molar-refractivity contribution in [3.05, 3.63) is 18.2 Å². The number of methoxy groups -OCH3 is 1. The van der Waals surface area contributed by atoms with Crippen LogP contribution < -0.4 is 15.4 Å². The van der Waals surface area contributed by atoms with Crippen LogP contribution in [0.25, 0.3) is 0 Å². The molecule has 106 valence electrons. The van der Waals surface area contributed by atoms with Crippen molar-refractivity contribution in [3.8, 4) is 5.75 Å². The number of nitrogens with zero attached hydrogens (tertiary/aromatic N) is 1. The van der Waals surface area contributed by atoms with E-state index in [1.807, 2.05) is 0 Å². The molecule has 1 aliphatic heterocycles. The Hall–Kier alpha value is -1.59. The first-order chi connectivity index (χ1) is 8.90. The van der Waals surface area contributed by atoms with Crippen molar-refractivity contribution in [1.29, 1.82) is 0 Å². The molecule has 0 aromatic heterocycles. The molecule has 1 atom stereocenters. The van der Waals surface area contributed by atoms with Gasteiger partial charge in [-0.2, -0.15) is 13.2 Å². The lowest BCUT2D eigenvalue weighted by Crippen LogP contribution is -2.41. The van der Waals surface area contributed by atoms with Crippen LogP contribution in [0, 0.1) is 5.92 Å². The largest absolute Gasteiger partial charge is 0.497 e. The molecule has 1 aliphatic rings. The first kappa shape index (κ1) is 13.8. The Bertz CT molecular complexity index is 448. The number of alkyl halides is 3. The molecule has 2 rings (SSSR count). The van der Waals surface area contributed by atoms with Gasteiger partial charge in [-0.15, -0.1) is 0 Å². The first-order valence-corrected chi connectivity index (χ1v) is 6.16. The van der Waals surface area contributed by atoms with E-state index in [-0.39, 0.29) is 13.0 Å². The zero-order valence-corrected chi connectivity index (χ0v) is 10.7. The summed E-state index contributed by atoms with van der Waals surface area (Å²) in [7, 11) is 1.51. The Kier molecular flexibility index (Phi) is 3.78. The summed E-state index contributed by atoms with van der Waals surface area (Å²) in [6, 6.07) is 5.05. The Morgan fingerprint density at radius 2 is 2.05 bits per heavy atom. The van der Waals surface area contributed by atoms with E-state index in [0.29, 0.717) is 30.1 Å². The van der Waals surface area contributed by atoms with E-state index < -0.39 is 12.1 Å². The minimum Gasteiger partial charge on any atom is -0.497 e. The number of hydrogen-bond acceptors (Lipinski definition) is 3. The highest BCUT2D eigenvalue weighted by Gasteiger charge is 2.41. The zero-order chi connectivity index (χ0) is 14.0. The van der Waals surface area contributed by atoms with Crippen molar-refractivity contribution in [3.63, 3.8) is 0 Å².